The summed E-state index contributed by atoms with van der Waals surface area (Å²) in [5.74, 6) is -2.53. The number of benzene rings is 1. The van der Waals surface area contributed by atoms with Crippen LogP contribution in [0.3, 0.4) is 0 Å². The van der Waals surface area contributed by atoms with Crippen LogP contribution in [-0.2, 0) is 7.05 Å². The number of hydrogen-bond acceptors (Lipinski definition) is 3. The molecule has 0 saturated carbocycles. The van der Waals surface area contributed by atoms with E-state index in [1.807, 2.05) is 0 Å². The van der Waals surface area contributed by atoms with Crippen LogP contribution in [0.2, 0.25) is 0 Å². The van der Waals surface area contributed by atoms with Crippen LogP contribution in [0.5, 0.6) is 0 Å². The molecule has 1 N–H and O–H groups in total. The van der Waals surface area contributed by atoms with Gasteiger partial charge >= 0.3 is 0 Å². The van der Waals surface area contributed by atoms with Gasteiger partial charge in [-0.25, -0.2) is 8.78 Å². The van der Waals surface area contributed by atoms with E-state index in [0.717, 1.165) is 12.1 Å². The number of nitrogens with one attached hydrogen (secondary N) is 1. The number of hydrogen-bond donors (Lipinski definition) is 1. The number of aromatic nitrogens is 3. The maximum Gasteiger partial charge on any atom is 0.277 e. The predicted molar refractivity (Wildman–Crippen MR) is 55.3 cm³/mol. The van der Waals surface area contributed by atoms with Gasteiger partial charge in [-0.15, -0.1) is 5.10 Å². The first-order valence-electron chi connectivity index (χ1n) is 4.69. The molecule has 0 aliphatic carbocycles. The van der Waals surface area contributed by atoms with E-state index in [4.69, 9.17) is 0 Å². The first kappa shape index (κ1) is 11.2. The van der Waals surface area contributed by atoms with Gasteiger partial charge in [0.15, 0.2) is 17.3 Å². The molecule has 0 fully saturated rings. The summed E-state index contributed by atoms with van der Waals surface area (Å²) in [6.07, 6.45) is 1.41. The first-order chi connectivity index (χ1) is 8.06. The molecule has 0 aliphatic rings. The number of anilines is 1. The molecule has 0 radical (unpaired) electrons. The van der Waals surface area contributed by atoms with Crippen LogP contribution in [0, 0.1) is 11.6 Å². The van der Waals surface area contributed by atoms with Crippen molar-refractivity contribution in [3.63, 3.8) is 0 Å². The average Bonchev–Trinajstić information content (AvgIpc) is 2.70. The van der Waals surface area contributed by atoms with Gasteiger partial charge in [0.25, 0.3) is 5.91 Å². The molecular formula is C10H8F2N4O. The zero-order chi connectivity index (χ0) is 12.4. The van der Waals surface area contributed by atoms with Crippen molar-refractivity contribution < 1.29 is 13.6 Å². The molecule has 0 atom stereocenters. The topological polar surface area (TPSA) is 59.8 Å². The Morgan fingerprint density at radius 3 is 2.71 bits per heavy atom. The fourth-order valence-electron chi connectivity index (χ4n) is 1.22. The molecule has 2 rings (SSSR count). The van der Waals surface area contributed by atoms with Crippen LogP contribution in [0.4, 0.5) is 14.5 Å². The Hall–Kier alpha value is -2.31. The molecule has 5 nitrogen and oxygen atoms in total. The highest BCUT2D eigenvalue weighted by atomic mass is 19.2. The largest absolute Gasteiger partial charge is 0.320 e. The van der Waals surface area contributed by atoms with E-state index in [1.54, 1.807) is 7.05 Å². The fraction of sp³-hybridized carbons (Fsp3) is 0.100. The maximum atomic E-state index is 12.9. The van der Waals surface area contributed by atoms with Gasteiger partial charge in [-0.2, -0.15) is 0 Å². The van der Waals surface area contributed by atoms with Gasteiger partial charge in [-0.3, -0.25) is 9.48 Å². The molecule has 17 heavy (non-hydrogen) atoms. The van der Waals surface area contributed by atoms with Gasteiger partial charge in [0.1, 0.15) is 0 Å². The second kappa shape index (κ2) is 4.28. The fourth-order valence-corrected chi connectivity index (χ4v) is 1.22. The van der Waals surface area contributed by atoms with Crippen molar-refractivity contribution in [3.8, 4) is 0 Å². The van der Waals surface area contributed by atoms with Gasteiger partial charge in [-0.1, -0.05) is 5.21 Å². The smallest absolute Gasteiger partial charge is 0.277 e. The lowest BCUT2D eigenvalue weighted by Gasteiger charge is -2.02. The van der Waals surface area contributed by atoms with Crippen molar-refractivity contribution in [2.75, 3.05) is 5.32 Å². The predicted octanol–water partition coefficient (Wildman–Crippen LogP) is 1.35. The van der Waals surface area contributed by atoms with Crippen molar-refractivity contribution in [1.82, 2.24) is 15.0 Å². The number of carbonyl (C=O) groups is 1. The minimum Gasteiger partial charge on any atom is -0.320 e. The average molecular weight is 238 g/mol. The lowest BCUT2D eigenvalue weighted by molar-refractivity contribution is 0.102. The molecule has 0 aliphatic heterocycles. The van der Waals surface area contributed by atoms with Crippen LogP contribution >= 0.6 is 0 Å². The molecule has 88 valence electrons. The molecule has 1 aromatic heterocycles. The summed E-state index contributed by atoms with van der Waals surface area (Å²) in [5.41, 5.74) is 0.247. The molecule has 1 aromatic carbocycles. The van der Waals surface area contributed by atoms with Crippen molar-refractivity contribution in [2.45, 2.75) is 0 Å². The van der Waals surface area contributed by atoms with E-state index >= 15 is 0 Å². The Labute approximate surface area is 95.1 Å². The monoisotopic (exact) mass is 238 g/mol. The van der Waals surface area contributed by atoms with Crippen molar-refractivity contribution in [2.24, 2.45) is 7.05 Å². The summed E-state index contributed by atoms with van der Waals surface area (Å²) in [4.78, 5) is 11.6. The normalized spacial score (nSPS) is 10.3. The molecule has 1 amide bonds. The van der Waals surface area contributed by atoms with E-state index in [2.05, 4.69) is 15.6 Å². The summed E-state index contributed by atoms with van der Waals surface area (Å²) < 4.78 is 26.9. The van der Waals surface area contributed by atoms with Crippen molar-refractivity contribution in [3.05, 3.63) is 41.7 Å². The summed E-state index contributed by atoms with van der Waals surface area (Å²) in [5, 5.41) is 9.55. The first-order valence-corrected chi connectivity index (χ1v) is 4.69. The molecular weight excluding hydrogens is 230 g/mol. The van der Waals surface area contributed by atoms with Gasteiger partial charge in [0, 0.05) is 18.8 Å². The maximum absolute atomic E-state index is 12.9. The summed E-state index contributed by atoms with van der Waals surface area (Å²) >= 11 is 0. The lowest BCUT2D eigenvalue weighted by atomic mass is 10.3. The van der Waals surface area contributed by atoms with Crippen LogP contribution in [0.1, 0.15) is 10.5 Å². The molecule has 7 heteroatoms. The SMILES string of the molecule is Cn1cc(C(=O)Nc2ccc(F)c(F)c2)nn1. The van der Waals surface area contributed by atoms with Gasteiger partial charge in [-0.05, 0) is 12.1 Å². The second-order valence-corrected chi connectivity index (χ2v) is 3.36. The zero-order valence-corrected chi connectivity index (χ0v) is 8.82. The van der Waals surface area contributed by atoms with E-state index < -0.39 is 17.5 Å². The zero-order valence-electron chi connectivity index (χ0n) is 8.82. The number of aryl methyl sites for hydroxylation is 1. The quantitative estimate of drug-likeness (QED) is 0.859. The van der Waals surface area contributed by atoms with E-state index in [0.29, 0.717) is 0 Å². The minimum absolute atomic E-state index is 0.0947. The van der Waals surface area contributed by atoms with Crippen LogP contribution in [0.15, 0.2) is 24.4 Å². The standard InChI is InChI=1S/C10H8F2N4O/c1-16-5-9(14-15-16)10(17)13-6-2-3-7(11)8(12)4-6/h2-5H,1H3,(H,13,17). The Bertz CT molecular complexity index is 567. The Balaban J connectivity index is 2.15. The lowest BCUT2D eigenvalue weighted by Crippen LogP contribution is -2.12. The highest BCUT2D eigenvalue weighted by Gasteiger charge is 2.11. The molecule has 0 saturated heterocycles. The Morgan fingerprint density at radius 2 is 2.12 bits per heavy atom. The number of amides is 1. The van der Waals surface area contributed by atoms with Crippen molar-refractivity contribution in [1.29, 1.82) is 0 Å². The van der Waals surface area contributed by atoms with E-state index in [-0.39, 0.29) is 11.4 Å². The molecule has 2 aromatic rings. The summed E-state index contributed by atoms with van der Waals surface area (Å²) in [6.45, 7) is 0. The highest BCUT2D eigenvalue weighted by Crippen LogP contribution is 2.13. The van der Waals surface area contributed by atoms with Gasteiger partial charge in [0.05, 0.1) is 6.20 Å². The third kappa shape index (κ3) is 2.44. The van der Waals surface area contributed by atoms with Crippen LogP contribution in [0.25, 0.3) is 0 Å². The third-order valence-corrected chi connectivity index (χ3v) is 2.01. The highest BCUT2D eigenvalue weighted by molar-refractivity contribution is 6.02. The minimum atomic E-state index is -1.03. The molecule has 0 spiro atoms. The number of carbonyl (C=O) groups excluding carboxylic acids is 1. The molecule has 1 heterocycles. The number of halogens is 2. The summed E-state index contributed by atoms with van der Waals surface area (Å²) in [6, 6.07) is 3.08. The summed E-state index contributed by atoms with van der Waals surface area (Å²) in [7, 11) is 1.61. The Morgan fingerprint density at radius 1 is 1.35 bits per heavy atom. The number of rotatable bonds is 2. The number of nitrogens with zero attached hydrogens (tertiary/aromatic N) is 3. The van der Waals surface area contributed by atoms with Gasteiger partial charge in [0.2, 0.25) is 0 Å². The third-order valence-electron chi connectivity index (χ3n) is 2.01. The van der Waals surface area contributed by atoms with E-state index in [1.165, 1.54) is 16.9 Å². The van der Waals surface area contributed by atoms with E-state index in [9.17, 15) is 13.6 Å². The van der Waals surface area contributed by atoms with Gasteiger partial charge < -0.3 is 5.32 Å². The molecule has 0 bridgehead atoms. The van der Waals surface area contributed by atoms with Crippen molar-refractivity contribution >= 4 is 11.6 Å². The van der Waals surface area contributed by atoms with Crippen LogP contribution in [-0.4, -0.2) is 20.9 Å². The van der Waals surface area contributed by atoms with Crippen LogP contribution < -0.4 is 5.32 Å². The Kier molecular flexibility index (Phi) is 2.82. The second-order valence-electron chi connectivity index (χ2n) is 3.36. The molecule has 0 unspecified atom stereocenters.